The summed E-state index contributed by atoms with van der Waals surface area (Å²) in [4.78, 5) is 19.8. The average molecular weight is 211 g/mol. The fourth-order valence-corrected chi connectivity index (χ4v) is 1.46. The number of ketones is 1. The van der Waals surface area contributed by atoms with E-state index in [1.807, 2.05) is 20.8 Å². The van der Waals surface area contributed by atoms with Crippen molar-refractivity contribution in [1.29, 1.82) is 0 Å². The second-order valence-electron chi connectivity index (χ2n) is 3.23. The van der Waals surface area contributed by atoms with Crippen molar-refractivity contribution < 1.29 is 4.79 Å². The summed E-state index contributed by atoms with van der Waals surface area (Å²) in [6, 6.07) is 0. The Morgan fingerprint density at radius 2 is 2.14 bits per heavy atom. The number of carbonyl (C=O) groups is 1. The molecule has 0 radical (unpaired) electrons. The molecule has 0 aromatic carbocycles. The van der Waals surface area contributed by atoms with Crippen LogP contribution in [0.3, 0.4) is 0 Å². The topological polar surface area (TPSA) is 55.2 Å². The van der Waals surface area contributed by atoms with Gasteiger partial charge in [0.2, 0.25) is 0 Å². The number of aryl methyl sites for hydroxylation is 1. The number of aliphatic imine (C=N–C) groups is 1. The summed E-state index contributed by atoms with van der Waals surface area (Å²) >= 11 is 1.28. The molecule has 0 atom stereocenters. The van der Waals surface area contributed by atoms with Crippen LogP contribution < -0.4 is 0 Å². The highest BCUT2D eigenvalue weighted by Crippen LogP contribution is 2.07. The van der Waals surface area contributed by atoms with Crippen molar-refractivity contribution in [3.8, 4) is 0 Å². The minimum Gasteiger partial charge on any atom is -0.292 e. The highest BCUT2D eigenvalue weighted by Gasteiger charge is 2.20. The van der Waals surface area contributed by atoms with Gasteiger partial charge in [-0.25, -0.2) is 4.98 Å². The summed E-state index contributed by atoms with van der Waals surface area (Å²) < 4.78 is 4.07. The summed E-state index contributed by atoms with van der Waals surface area (Å²) in [5, 5.41) is 0.845. The minimum atomic E-state index is -0.0718. The van der Waals surface area contributed by atoms with E-state index in [0.717, 1.165) is 5.01 Å². The maximum absolute atomic E-state index is 11.7. The zero-order valence-electron chi connectivity index (χ0n) is 8.74. The first kappa shape index (κ1) is 11.0. The predicted molar refractivity (Wildman–Crippen MR) is 57.0 cm³/mol. The summed E-state index contributed by atoms with van der Waals surface area (Å²) in [5.41, 5.74) is 0.379. The normalized spacial score (nSPS) is 12.2. The zero-order valence-corrected chi connectivity index (χ0v) is 9.55. The second kappa shape index (κ2) is 4.41. The molecule has 0 fully saturated rings. The summed E-state index contributed by atoms with van der Waals surface area (Å²) in [6.07, 6.45) is 0. The lowest BCUT2D eigenvalue weighted by molar-refractivity contribution is -0.115. The van der Waals surface area contributed by atoms with Gasteiger partial charge in [-0.1, -0.05) is 13.8 Å². The van der Waals surface area contributed by atoms with Crippen LogP contribution in [0.5, 0.6) is 0 Å². The Morgan fingerprint density at radius 3 is 2.50 bits per heavy atom. The van der Waals surface area contributed by atoms with E-state index in [9.17, 15) is 4.79 Å². The number of nitrogens with zero attached hydrogens (tertiary/aromatic N) is 3. The molecule has 0 N–H and O–H groups in total. The largest absolute Gasteiger partial charge is 0.292 e. The van der Waals surface area contributed by atoms with Crippen LogP contribution in [0.2, 0.25) is 0 Å². The molecule has 0 aliphatic rings. The van der Waals surface area contributed by atoms with E-state index in [2.05, 4.69) is 14.3 Å². The molecule has 1 aromatic rings. The number of Topliss-reactive ketones (excluding diaryl/α,β-unsaturated/α-hetero) is 1. The maximum atomic E-state index is 11.7. The quantitative estimate of drug-likeness (QED) is 0.712. The first-order chi connectivity index (χ1) is 6.56. The smallest absolute Gasteiger partial charge is 0.194 e. The molecule has 0 saturated carbocycles. The average Bonchev–Trinajstić information content (AvgIpc) is 2.53. The van der Waals surface area contributed by atoms with Crippen molar-refractivity contribution >= 4 is 23.0 Å². The molecule has 14 heavy (non-hydrogen) atoms. The fourth-order valence-electron chi connectivity index (χ4n) is 0.989. The summed E-state index contributed by atoms with van der Waals surface area (Å²) in [5.74, 6) is 0.372. The SMILES string of the molecule is CN=C(C(=O)C(C)C)c1nsc(C)n1. The van der Waals surface area contributed by atoms with E-state index in [1.54, 1.807) is 7.05 Å². The molecule has 0 aliphatic carbocycles. The number of aromatic nitrogens is 2. The van der Waals surface area contributed by atoms with Gasteiger partial charge in [-0.2, -0.15) is 4.37 Å². The molecule has 0 bridgehead atoms. The molecule has 5 heteroatoms. The van der Waals surface area contributed by atoms with Gasteiger partial charge in [0, 0.05) is 13.0 Å². The lowest BCUT2D eigenvalue weighted by Gasteiger charge is -2.03. The highest BCUT2D eigenvalue weighted by atomic mass is 32.1. The van der Waals surface area contributed by atoms with Crippen LogP contribution in [0.1, 0.15) is 24.7 Å². The van der Waals surface area contributed by atoms with Gasteiger partial charge in [0.15, 0.2) is 11.6 Å². The third-order valence-electron chi connectivity index (χ3n) is 1.72. The maximum Gasteiger partial charge on any atom is 0.194 e. The standard InChI is InChI=1S/C9H13N3OS/c1-5(2)8(13)7(10-4)9-11-6(3)14-12-9/h5H,1-4H3. The molecule has 1 aromatic heterocycles. The third kappa shape index (κ3) is 2.23. The molecule has 0 spiro atoms. The number of hydrogen-bond acceptors (Lipinski definition) is 5. The molecule has 1 rings (SSSR count). The molecule has 1 heterocycles. The van der Waals surface area contributed by atoms with E-state index >= 15 is 0 Å². The van der Waals surface area contributed by atoms with Gasteiger partial charge in [-0.15, -0.1) is 0 Å². The second-order valence-corrected chi connectivity index (χ2v) is 4.18. The minimum absolute atomic E-state index is 0.00898. The number of carbonyl (C=O) groups excluding carboxylic acids is 1. The van der Waals surface area contributed by atoms with Crippen LogP contribution in [-0.4, -0.2) is 27.9 Å². The summed E-state index contributed by atoms with van der Waals surface area (Å²) in [7, 11) is 1.59. The van der Waals surface area contributed by atoms with Crippen molar-refractivity contribution in [3.05, 3.63) is 10.8 Å². The van der Waals surface area contributed by atoms with Crippen LogP contribution >= 0.6 is 11.5 Å². The first-order valence-corrected chi connectivity index (χ1v) is 5.15. The monoisotopic (exact) mass is 211 g/mol. The van der Waals surface area contributed by atoms with Gasteiger partial charge >= 0.3 is 0 Å². The van der Waals surface area contributed by atoms with Crippen molar-refractivity contribution in [1.82, 2.24) is 9.36 Å². The van der Waals surface area contributed by atoms with Gasteiger partial charge in [0.25, 0.3) is 0 Å². The van der Waals surface area contributed by atoms with Crippen molar-refractivity contribution in [2.45, 2.75) is 20.8 Å². The van der Waals surface area contributed by atoms with E-state index in [0.29, 0.717) is 11.5 Å². The van der Waals surface area contributed by atoms with Gasteiger partial charge < -0.3 is 0 Å². The van der Waals surface area contributed by atoms with Crippen LogP contribution in [-0.2, 0) is 4.79 Å². The van der Waals surface area contributed by atoms with Gasteiger partial charge in [-0.05, 0) is 18.5 Å². The van der Waals surface area contributed by atoms with E-state index in [1.165, 1.54) is 11.5 Å². The molecule has 76 valence electrons. The Balaban J connectivity index is 3.00. The van der Waals surface area contributed by atoms with Crippen LogP contribution in [0, 0.1) is 12.8 Å². The number of hydrogen-bond donors (Lipinski definition) is 0. The Morgan fingerprint density at radius 1 is 1.50 bits per heavy atom. The Labute approximate surface area is 87.3 Å². The van der Waals surface area contributed by atoms with Crippen molar-refractivity contribution in [2.75, 3.05) is 7.05 Å². The summed E-state index contributed by atoms with van der Waals surface area (Å²) in [6.45, 7) is 5.54. The Hall–Kier alpha value is -1.10. The van der Waals surface area contributed by atoms with Gasteiger partial charge in [0.1, 0.15) is 10.7 Å². The Bertz CT molecular complexity index is 368. The molecular weight excluding hydrogens is 198 g/mol. The lowest BCUT2D eigenvalue weighted by atomic mass is 10.0. The fraction of sp³-hybridized carbons (Fsp3) is 0.556. The van der Waals surface area contributed by atoms with E-state index in [4.69, 9.17) is 0 Å². The molecule has 0 unspecified atom stereocenters. The molecular formula is C9H13N3OS. The van der Waals surface area contributed by atoms with Crippen LogP contribution in [0.15, 0.2) is 4.99 Å². The first-order valence-electron chi connectivity index (χ1n) is 4.38. The zero-order chi connectivity index (χ0) is 10.7. The van der Waals surface area contributed by atoms with E-state index < -0.39 is 0 Å². The van der Waals surface area contributed by atoms with Crippen LogP contribution in [0.4, 0.5) is 0 Å². The van der Waals surface area contributed by atoms with E-state index in [-0.39, 0.29) is 11.7 Å². The van der Waals surface area contributed by atoms with Crippen LogP contribution in [0.25, 0.3) is 0 Å². The molecule has 0 saturated heterocycles. The molecule has 0 aliphatic heterocycles. The van der Waals surface area contributed by atoms with Crippen molar-refractivity contribution in [2.24, 2.45) is 10.9 Å². The number of rotatable bonds is 3. The highest BCUT2D eigenvalue weighted by molar-refractivity contribution is 7.05. The lowest BCUT2D eigenvalue weighted by Crippen LogP contribution is -2.22. The Kier molecular flexibility index (Phi) is 3.46. The van der Waals surface area contributed by atoms with Crippen molar-refractivity contribution in [3.63, 3.8) is 0 Å². The van der Waals surface area contributed by atoms with Gasteiger partial charge in [0.05, 0.1) is 0 Å². The van der Waals surface area contributed by atoms with Gasteiger partial charge in [-0.3, -0.25) is 9.79 Å². The predicted octanol–water partition coefficient (Wildman–Crippen LogP) is 1.49. The third-order valence-corrected chi connectivity index (χ3v) is 2.34. The molecule has 0 amide bonds. The molecule has 4 nitrogen and oxygen atoms in total.